The zero-order valence-corrected chi connectivity index (χ0v) is 20.3. The lowest BCUT2D eigenvalue weighted by atomic mass is 10.1. The summed E-state index contributed by atoms with van der Waals surface area (Å²) < 4.78 is 17.1. The van der Waals surface area contributed by atoms with Gasteiger partial charge in [0.05, 0.1) is 10.2 Å². The molecule has 0 spiro atoms. The lowest BCUT2D eigenvalue weighted by Crippen LogP contribution is -2.54. The topological polar surface area (TPSA) is 94.2 Å². The maximum absolute atomic E-state index is 13.1. The van der Waals surface area contributed by atoms with E-state index in [0.29, 0.717) is 38.9 Å². The monoisotopic (exact) mass is 554 g/mol. The summed E-state index contributed by atoms with van der Waals surface area (Å²) in [6, 6.07) is 16.3. The molecular formula is C25H16BrClN2O6. The number of amides is 4. The van der Waals surface area contributed by atoms with Crippen molar-refractivity contribution in [3.63, 3.8) is 0 Å². The molecule has 0 unspecified atom stereocenters. The van der Waals surface area contributed by atoms with Crippen LogP contribution in [0.4, 0.5) is 10.5 Å². The molecule has 35 heavy (non-hydrogen) atoms. The van der Waals surface area contributed by atoms with Crippen molar-refractivity contribution in [3.05, 3.63) is 86.9 Å². The Bertz CT molecular complexity index is 1390. The number of rotatable bonds is 5. The van der Waals surface area contributed by atoms with E-state index in [2.05, 4.69) is 21.2 Å². The van der Waals surface area contributed by atoms with Crippen molar-refractivity contribution in [3.8, 4) is 17.2 Å². The van der Waals surface area contributed by atoms with Gasteiger partial charge in [-0.3, -0.25) is 14.9 Å². The van der Waals surface area contributed by atoms with E-state index in [1.165, 1.54) is 12.1 Å². The minimum absolute atomic E-state index is 0.0524. The van der Waals surface area contributed by atoms with Gasteiger partial charge in [-0.05, 0) is 69.5 Å². The van der Waals surface area contributed by atoms with Crippen LogP contribution in [-0.2, 0) is 16.2 Å². The lowest BCUT2D eigenvalue weighted by molar-refractivity contribution is -0.122. The molecule has 2 aliphatic heterocycles. The molecule has 5 rings (SSSR count). The fourth-order valence-electron chi connectivity index (χ4n) is 3.55. The smallest absolute Gasteiger partial charge is 0.335 e. The minimum Gasteiger partial charge on any atom is -0.488 e. The van der Waals surface area contributed by atoms with Gasteiger partial charge in [0.15, 0.2) is 11.5 Å². The molecule has 1 saturated heterocycles. The Morgan fingerprint density at radius 1 is 1.00 bits per heavy atom. The Hall–Kier alpha value is -3.82. The molecule has 3 aromatic carbocycles. The Labute approximate surface area is 213 Å². The molecule has 176 valence electrons. The van der Waals surface area contributed by atoms with Gasteiger partial charge in [0.2, 0.25) is 6.79 Å². The fourth-order valence-corrected chi connectivity index (χ4v) is 4.19. The molecule has 0 radical (unpaired) electrons. The highest BCUT2D eigenvalue weighted by atomic mass is 79.9. The SMILES string of the molecule is O=C1NC(=O)N(c2ccc3c(c2)OCO3)C(=O)/C1=C/c1ccc(OCc2ccc(Cl)cc2)c(Br)c1. The first-order chi connectivity index (χ1) is 16.9. The molecule has 0 saturated carbocycles. The van der Waals surface area contributed by atoms with Crippen LogP contribution in [0.15, 0.2) is 70.7 Å². The second kappa shape index (κ2) is 9.44. The molecule has 10 heteroatoms. The van der Waals surface area contributed by atoms with Gasteiger partial charge in [-0.2, -0.15) is 0 Å². The molecule has 1 fully saturated rings. The molecule has 0 aromatic heterocycles. The van der Waals surface area contributed by atoms with E-state index in [1.54, 1.807) is 42.5 Å². The van der Waals surface area contributed by atoms with E-state index in [1.807, 2.05) is 12.1 Å². The third-order valence-electron chi connectivity index (χ3n) is 5.29. The van der Waals surface area contributed by atoms with Crippen LogP contribution in [0.3, 0.4) is 0 Å². The number of hydrogen-bond acceptors (Lipinski definition) is 6. The largest absolute Gasteiger partial charge is 0.488 e. The Morgan fingerprint density at radius 3 is 2.54 bits per heavy atom. The van der Waals surface area contributed by atoms with Crippen LogP contribution in [0, 0.1) is 0 Å². The summed E-state index contributed by atoms with van der Waals surface area (Å²) in [5, 5.41) is 2.85. The molecule has 3 aromatic rings. The second-order valence-corrected chi connectivity index (χ2v) is 8.89. The van der Waals surface area contributed by atoms with E-state index >= 15 is 0 Å². The van der Waals surface area contributed by atoms with E-state index in [9.17, 15) is 14.4 Å². The van der Waals surface area contributed by atoms with Gasteiger partial charge in [-0.15, -0.1) is 0 Å². The molecule has 1 N–H and O–H groups in total. The van der Waals surface area contributed by atoms with Crippen LogP contribution in [0.2, 0.25) is 5.02 Å². The fraction of sp³-hybridized carbons (Fsp3) is 0.0800. The average Bonchev–Trinajstić information content (AvgIpc) is 3.30. The molecule has 2 aliphatic rings. The second-order valence-electron chi connectivity index (χ2n) is 7.60. The lowest BCUT2D eigenvalue weighted by Gasteiger charge is -2.26. The Morgan fingerprint density at radius 2 is 1.77 bits per heavy atom. The number of imide groups is 2. The van der Waals surface area contributed by atoms with Crippen molar-refractivity contribution >= 4 is 57.1 Å². The molecule has 2 heterocycles. The maximum atomic E-state index is 13.1. The zero-order valence-electron chi connectivity index (χ0n) is 17.9. The van der Waals surface area contributed by atoms with Crippen LogP contribution in [0.1, 0.15) is 11.1 Å². The first-order valence-electron chi connectivity index (χ1n) is 10.4. The molecule has 4 amide bonds. The van der Waals surface area contributed by atoms with Crippen LogP contribution in [0.5, 0.6) is 17.2 Å². The van der Waals surface area contributed by atoms with Gasteiger partial charge in [0.1, 0.15) is 17.9 Å². The van der Waals surface area contributed by atoms with Crippen molar-refractivity contribution < 1.29 is 28.6 Å². The number of urea groups is 1. The van der Waals surface area contributed by atoms with Crippen LogP contribution < -0.4 is 24.4 Å². The van der Waals surface area contributed by atoms with Gasteiger partial charge in [-0.25, -0.2) is 9.69 Å². The normalized spacial score (nSPS) is 16.0. The van der Waals surface area contributed by atoms with Crippen molar-refractivity contribution in [1.29, 1.82) is 0 Å². The first-order valence-corrected chi connectivity index (χ1v) is 11.5. The summed E-state index contributed by atoms with van der Waals surface area (Å²) in [6.07, 6.45) is 1.41. The summed E-state index contributed by atoms with van der Waals surface area (Å²) in [6.45, 7) is 0.389. The molecular weight excluding hydrogens is 540 g/mol. The number of halogens is 2. The summed E-state index contributed by atoms with van der Waals surface area (Å²) in [5.74, 6) is -0.0380. The predicted octanol–water partition coefficient (Wildman–Crippen LogP) is 5.08. The number of hydrogen-bond donors (Lipinski definition) is 1. The van der Waals surface area contributed by atoms with Gasteiger partial charge < -0.3 is 14.2 Å². The van der Waals surface area contributed by atoms with E-state index in [4.69, 9.17) is 25.8 Å². The van der Waals surface area contributed by atoms with Gasteiger partial charge in [-0.1, -0.05) is 29.8 Å². The number of benzene rings is 3. The third-order valence-corrected chi connectivity index (χ3v) is 6.16. The number of carbonyl (C=O) groups excluding carboxylic acids is 3. The first kappa shape index (κ1) is 22.9. The van der Waals surface area contributed by atoms with Crippen molar-refractivity contribution in [2.24, 2.45) is 0 Å². The van der Waals surface area contributed by atoms with Gasteiger partial charge in [0, 0.05) is 11.1 Å². The van der Waals surface area contributed by atoms with Crippen LogP contribution >= 0.6 is 27.5 Å². The van der Waals surface area contributed by atoms with E-state index < -0.39 is 17.8 Å². The number of ether oxygens (including phenoxy) is 3. The van der Waals surface area contributed by atoms with Crippen molar-refractivity contribution in [1.82, 2.24) is 5.32 Å². The Kier molecular flexibility index (Phi) is 6.19. The third kappa shape index (κ3) is 4.73. The summed E-state index contributed by atoms with van der Waals surface area (Å²) >= 11 is 9.37. The quantitative estimate of drug-likeness (QED) is 0.349. The molecule has 0 aliphatic carbocycles. The molecule has 0 atom stereocenters. The van der Waals surface area contributed by atoms with E-state index in [0.717, 1.165) is 10.5 Å². The van der Waals surface area contributed by atoms with Crippen LogP contribution in [0.25, 0.3) is 6.08 Å². The number of barbiturate groups is 1. The number of carbonyl (C=O) groups is 3. The minimum atomic E-state index is -0.844. The molecule has 8 nitrogen and oxygen atoms in total. The van der Waals surface area contributed by atoms with Gasteiger partial charge in [0.25, 0.3) is 11.8 Å². The van der Waals surface area contributed by atoms with Crippen molar-refractivity contribution in [2.75, 3.05) is 11.7 Å². The highest BCUT2D eigenvalue weighted by Gasteiger charge is 2.37. The number of nitrogens with zero attached hydrogens (tertiary/aromatic N) is 1. The highest BCUT2D eigenvalue weighted by molar-refractivity contribution is 9.10. The average molecular weight is 556 g/mol. The summed E-state index contributed by atoms with van der Waals surface area (Å²) in [4.78, 5) is 39.0. The van der Waals surface area contributed by atoms with Crippen molar-refractivity contribution in [2.45, 2.75) is 6.61 Å². The zero-order chi connectivity index (χ0) is 24.5. The highest BCUT2D eigenvalue weighted by Crippen LogP contribution is 2.36. The standard InChI is InChI=1S/C25H16BrClN2O6/c26-19-10-15(3-7-20(19)33-12-14-1-4-16(27)5-2-14)9-18-23(30)28-25(32)29(24(18)31)17-6-8-21-22(11-17)35-13-34-21/h1-11H,12-13H2,(H,28,30,32)/b18-9+. The molecule has 0 bridgehead atoms. The summed E-state index contributed by atoms with van der Waals surface area (Å²) in [7, 11) is 0. The predicted molar refractivity (Wildman–Crippen MR) is 131 cm³/mol. The van der Waals surface area contributed by atoms with Gasteiger partial charge >= 0.3 is 6.03 Å². The number of nitrogens with one attached hydrogen (secondary N) is 1. The van der Waals surface area contributed by atoms with E-state index in [-0.39, 0.29) is 18.1 Å². The summed E-state index contributed by atoms with van der Waals surface area (Å²) in [5.41, 5.74) is 1.57. The number of fused-ring (bicyclic) bond motifs is 1. The number of anilines is 1. The maximum Gasteiger partial charge on any atom is 0.335 e. The van der Waals surface area contributed by atoms with Crippen LogP contribution in [-0.4, -0.2) is 24.6 Å². The Balaban J connectivity index is 1.37.